The maximum atomic E-state index is 13.6. The Hall–Kier alpha value is -5.05. The SMILES string of the molecule is COc1ccc(Nc2ncc3c4n[nH]cc4c(=O)n(-c4cccc(-c5ccc(CF)cc5)c4)c3n2)cc1. The molecule has 0 bridgehead atoms. The molecule has 2 N–H and O–H groups in total. The van der Waals surface area contributed by atoms with Gasteiger partial charge in [0.25, 0.3) is 5.56 Å². The third kappa shape index (κ3) is 4.06. The van der Waals surface area contributed by atoms with Crippen LogP contribution in [0.2, 0.25) is 0 Å². The molecule has 0 spiro atoms. The summed E-state index contributed by atoms with van der Waals surface area (Å²) in [5.74, 6) is 1.07. The fraction of sp³-hybridized carbons (Fsp3) is 0.0714. The quantitative estimate of drug-likeness (QED) is 0.317. The zero-order chi connectivity index (χ0) is 25.4. The molecule has 9 heteroatoms. The Morgan fingerprint density at radius 2 is 1.81 bits per heavy atom. The van der Waals surface area contributed by atoms with Crippen LogP contribution in [0.15, 0.2) is 90.0 Å². The lowest BCUT2D eigenvalue weighted by Gasteiger charge is -2.13. The third-order valence-corrected chi connectivity index (χ3v) is 6.20. The van der Waals surface area contributed by atoms with Gasteiger partial charge in [-0.3, -0.25) is 14.5 Å². The summed E-state index contributed by atoms with van der Waals surface area (Å²) in [7, 11) is 1.61. The fourth-order valence-electron chi connectivity index (χ4n) is 4.30. The van der Waals surface area contributed by atoms with Gasteiger partial charge in [0.2, 0.25) is 5.95 Å². The van der Waals surface area contributed by atoms with Crippen LogP contribution in [0.3, 0.4) is 0 Å². The third-order valence-electron chi connectivity index (χ3n) is 6.20. The molecule has 0 saturated carbocycles. The van der Waals surface area contributed by atoms with Crippen LogP contribution in [0, 0.1) is 0 Å². The number of nitrogens with zero attached hydrogens (tertiary/aromatic N) is 4. The van der Waals surface area contributed by atoms with Crippen molar-refractivity contribution in [1.29, 1.82) is 0 Å². The Kier molecular flexibility index (Phi) is 5.57. The van der Waals surface area contributed by atoms with E-state index in [1.54, 1.807) is 36.2 Å². The van der Waals surface area contributed by atoms with Crippen molar-refractivity contribution in [3.63, 3.8) is 0 Å². The molecular formula is C28H21FN6O2. The molecule has 0 aliphatic rings. The standard InChI is InChI=1S/C28H21FN6O2/c1-37-22-11-9-20(10-12-22)32-28-30-15-23-25-24(16-31-34-25)27(36)35(26(23)33-28)21-4-2-3-19(13-21)18-7-5-17(14-29)6-8-18/h2-13,15-16H,14H2,1H3,(H,31,34)(H,30,32,33). The first-order valence-electron chi connectivity index (χ1n) is 11.6. The number of hydrogen-bond donors (Lipinski definition) is 2. The Labute approximate surface area is 210 Å². The maximum absolute atomic E-state index is 13.6. The molecule has 3 heterocycles. The van der Waals surface area contributed by atoms with Crippen molar-refractivity contribution in [3.05, 3.63) is 101 Å². The van der Waals surface area contributed by atoms with E-state index in [2.05, 4.69) is 20.5 Å². The number of nitrogens with one attached hydrogen (secondary N) is 2. The predicted octanol–water partition coefficient (Wildman–Crippen LogP) is 5.55. The fourth-order valence-corrected chi connectivity index (χ4v) is 4.30. The van der Waals surface area contributed by atoms with Crippen LogP contribution in [0.5, 0.6) is 5.75 Å². The topological polar surface area (TPSA) is 97.7 Å². The number of anilines is 2. The van der Waals surface area contributed by atoms with Crippen LogP contribution in [-0.4, -0.2) is 31.8 Å². The van der Waals surface area contributed by atoms with Crippen molar-refractivity contribution in [2.24, 2.45) is 0 Å². The number of alkyl halides is 1. The molecule has 0 saturated heterocycles. The average Bonchev–Trinajstić information content (AvgIpc) is 3.45. The summed E-state index contributed by atoms with van der Waals surface area (Å²) >= 11 is 0. The molecule has 3 aromatic carbocycles. The molecule has 0 aliphatic heterocycles. The number of aromatic nitrogens is 5. The van der Waals surface area contributed by atoms with E-state index in [4.69, 9.17) is 9.72 Å². The van der Waals surface area contributed by atoms with Gasteiger partial charge in [-0.15, -0.1) is 0 Å². The summed E-state index contributed by atoms with van der Waals surface area (Å²) in [4.78, 5) is 22.8. The van der Waals surface area contributed by atoms with Crippen molar-refractivity contribution < 1.29 is 9.13 Å². The lowest BCUT2D eigenvalue weighted by Crippen LogP contribution is -2.20. The Morgan fingerprint density at radius 1 is 1.00 bits per heavy atom. The highest BCUT2D eigenvalue weighted by Crippen LogP contribution is 2.27. The van der Waals surface area contributed by atoms with Crippen LogP contribution >= 0.6 is 0 Å². The minimum Gasteiger partial charge on any atom is -0.497 e. The van der Waals surface area contributed by atoms with Gasteiger partial charge < -0.3 is 10.1 Å². The minimum atomic E-state index is -0.515. The number of aromatic amines is 1. The first-order chi connectivity index (χ1) is 18.1. The van der Waals surface area contributed by atoms with Gasteiger partial charge in [0, 0.05) is 18.1 Å². The number of benzene rings is 3. The molecule has 0 atom stereocenters. The van der Waals surface area contributed by atoms with Gasteiger partial charge in [0.1, 0.15) is 17.9 Å². The maximum Gasteiger partial charge on any atom is 0.267 e. The smallest absolute Gasteiger partial charge is 0.267 e. The van der Waals surface area contributed by atoms with Crippen molar-refractivity contribution in [2.45, 2.75) is 6.67 Å². The summed E-state index contributed by atoms with van der Waals surface area (Å²) in [5, 5.41) is 11.3. The number of H-pyrrole nitrogens is 1. The van der Waals surface area contributed by atoms with Gasteiger partial charge in [0.05, 0.1) is 23.6 Å². The van der Waals surface area contributed by atoms with E-state index in [1.165, 1.54) is 0 Å². The molecule has 37 heavy (non-hydrogen) atoms. The van der Waals surface area contributed by atoms with Crippen LogP contribution in [-0.2, 0) is 6.67 Å². The van der Waals surface area contributed by atoms with E-state index in [-0.39, 0.29) is 5.56 Å². The molecule has 8 nitrogen and oxygen atoms in total. The summed E-state index contributed by atoms with van der Waals surface area (Å²) < 4.78 is 19.8. The van der Waals surface area contributed by atoms with E-state index in [9.17, 15) is 9.18 Å². The monoisotopic (exact) mass is 492 g/mol. The van der Waals surface area contributed by atoms with Gasteiger partial charge in [-0.2, -0.15) is 10.1 Å². The van der Waals surface area contributed by atoms with Crippen molar-refractivity contribution in [3.8, 4) is 22.6 Å². The molecule has 0 amide bonds. The second-order valence-electron chi connectivity index (χ2n) is 8.45. The Bertz CT molecular complexity index is 1790. The van der Waals surface area contributed by atoms with Crippen molar-refractivity contribution >= 4 is 33.6 Å². The van der Waals surface area contributed by atoms with Gasteiger partial charge >= 0.3 is 0 Å². The molecule has 6 rings (SSSR count). The number of hydrogen-bond acceptors (Lipinski definition) is 6. The lowest BCUT2D eigenvalue weighted by atomic mass is 10.0. The largest absolute Gasteiger partial charge is 0.497 e. The van der Waals surface area contributed by atoms with Crippen LogP contribution in [0.1, 0.15) is 5.56 Å². The molecule has 0 aliphatic carbocycles. The average molecular weight is 493 g/mol. The van der Waals surface area contributed by atoms with Crippen LogP contribution in [0.4, 0.5) is 16.0 Å². The Balaban J connectivity index is 1.51. The van der Waals surface area contributed by atoms with E-state index >= 15 is 0 Å². The Morgan fingerprint density at radius 3 is 2.57 bits per heavy atom. The molecular weight excluding hydrogens is 471 g/mol. The van der Waals surface area contributed by atoms with Gasteiger partial charge in [-0.05, 0) is 53.1 Å². The predicted molar refractivity (Wildman–Crippen MR) is 141 cm³/mol. The van der Waals surface area contributed by atoms with Crippen molar-refractivity contribution in [1.82, 2.24) is 24.7 Å². The van der Waals surface area contributed by atoms with Gasteiger partial charge in [0.15, 0.2) is 5.65 Å². The zero-order valence-corrected chi connectivity index (χ0v) is 19.8. The second-order valence-corrected chi connectivity index (χ2v) is 8.45. The van der Waals surface area contributed by atoms with Crippen LogP contribution in [0.25, 0.3) is 38.8 Å². The van der Waals surface area contributed by atoms with E-state index in [0.717, 1.165) is 22.6 Å². The molecule has 0 fully saturated rings. The molecule has 0 unspecified atom stereocenters. The first-order valence-corrected chi connectivity index (χ1v) is 11.6. The summed E-state index contributed by atoms with van der Waals surface area (Å²) in [5.41, 5.74) is 4.49. The number of ether oxygens (including phenoxy) is 1. The summed E-state index contributed by atoms with van der Waals surface area (Å²) in [6.45, 7) is -0.515. The molecule has 182 valence electrons. The number of halogens is 1. The highest BCUT2D eigenvalue weighted by atomic mass is 19.1. The molecule has 6 aromatic rings. The normalized spacial score (nSPS) is 11.2. The van der Waals surface area contributed by atoms with Crippen molar-refractivity contribution in [2.75, 3.05) is 12.4 Å². The highest BCUT2D eigenvalue weighted by molar-refractivity contribution is 6.02. The number of methoxy groups -OCH3 is 1. The minimum absolute atomic E-state index is 0.254. The lowest BCUT2D eigenvalue weighted by molar-refractivity contribution is 0.415. The van der Waals surface area contributed by atoms with E-state index in [1.807, 2.05) is 60.7 Å². The summed E-state index contributed by atoms with van der Waals surface area (Å²) in [6, 6.07) is 22.2. The number of fused-ring (bicyclic) bond motifs is 3. The molecule has 0 radical (unpaired) electrons. The number of rotatable bonds is 6. The summed E-state index contributed by atoms with van der Waals surface area (Å²) in [6.07, 6.45) is 3.24. The van der Waals surface area contributed by atoms with Gasteiger partial charge in [-0.25, -0.2) is 9.37 Å². The van der Waals surface area contributed by atoms with E-state index < -0.39 is 6.67 Å². The zero-order valence-electron chi connectivity index (χ0n) is 19.8. The highest BCUT2D eigenvalue weighted by Gasteiger charge is 2.17. The van der Waals surface area contributed by atoms with Gasteiger partial charge in [-0.1, -0.05) is 36.4 Å². The number of pyridine rings is 1. The van der Waals surface area contributed by atoms with Crippen LogP contribution < -0.4 is 15.6 Å². The first kappa shape index (κ1) is 22.4. The molecule has 3 aromatic heterocycles. The second kappa shape index (κ2) is 9.19. The van der Waals surface area contributed by atoms with E-state index in [0.29, 0.717) is 39.1 Å².